The molecule has 0 saturated carbocycles. The van der Waals surface area contributed by atoms with E-state index >= 15 is 0 Å². The van der Waals surface area contributed by atoms with Crippen LogP contribution in [-0.4, -0.2) is 61.6 Å². The number of nitrogens with two attached hydrogens (primary N) is 1. The lowest BCUT2D eigenvalue weighted by Crippen LogP contribution is -2.46. The average Bonchev–Trinajstić information content (AvgIpc) is 3.52. The van der Waals surface area contributed by atoms with E-state index in [0.717, 1.165) is 76.4 Å². The molecule has 0 bridgehead atoms. The van der Waals surface area contributed by atoms with E-state index in [-0.39, 0.29) is 17.2 Å². The maximum absolute atomic E-state index is 11.4. The molecule has 1 amide bonds. The number of H-pyrrole nitrogens is 1. The van der Waals surface area contributed by atoms with Gasteiger partial charge in [-0.05, 0) is 56.8 Å². The number of carbonyl (C=O) groups excluding carboxylic acids is 1. The van der Waals surface area contributed by atoms with Crippen LogP contribution in [0.15, 0.2) is 18.6 Å². The van der Waals surface area contributed by atoms with Crippen LogP contribution in [0.5, 0.6) is 5.75 Å². The van der Waals surface area contributed by atoms with Gasteiger partial charge in [0, 0.05) is 29.1 Å². The highest BCUT2D eigenvalue weighted by molar-refractivity contribution is 5.97. The van der Waals surface area contributed by atoms with Crippen molar-refractivity contribution in [3.05, 3.63) is 41.1 Å². The van der Waals surface area contributed by atoms with Crippen LogP contribution in [0.3, 0.4) is 0 Å². The number of hydrogen-bond donors (Lipinski definition) is 2. The summed E-state index contributed by atoms with van der Waals surface area (Å²) >= 11 is 0. The molecule has 35 heavy (non-hydrogen) atoms. The molecule has 0 unspecified atom stereocenters. The van der Waals surface area contributed by atoms with Crippen molar-refractivity contribution in [1.29, 1.82) is 0 Å². The number of nitrogens with zero attached hydrogens (tertiary/aromatic N) is 5. The Hall–Kier alpha value is -3.46. The van der Waals surface area contributed by atoms with Crippen LogP contribution in [0.2, 0.25) is 0 Å². The molecular weight excluding hydrogens is 442 g/mol. The number of aryl methyl sites for hydroxylation is 1. The summed E-state index contributed by atoms with van der Waals surface area (Å²) in [6.07, 6.45) is 5.46. The molecule has 0 aromatic carbocycles. The van der Waals surface area contributed by atoms with Crippen LogP contribution in [0, 0.1) is 13.8 Å². The van der Waals surface area contributed by atoms with E-state index in [0.29, 0.717) is 13.2 Å². The van der Waals surface area contributed by atoms with Gasteiger partial charge in [-0.3, -0.25) is 9.69 Å². The van der Waals surface area contributed by atoms with E-state index in [4.69, 9.17) is 15.5 Å². The summed E-state index contributed by atoms with van der Waals surface area (Å²) in [5.41, 5.74) is 14.9. The number of ether oxygens (including phenoxy) is 1. The first-order valence-electron chi connectivity index (χ1n) is 12.3. The Morgan fingerprint density at radius 2 is 2.03 bits per heavy atom. The number of carbonyl (C=O) groups is 1. The van der Waals surface area contributed by atoms with Gasteiger partial charge in [0.05, 0.1) is 35.3 Å². The molecule has 4 aromatic heterocycles. The van der Waals surface area contributed by atoms with Gasteiger partial charge in [-0.25, -0.2) is 14.5 Å². The third-order valence-corrected chi connectivity index (χ3v) is 7.93. The zero-order valence-corrected chi connectivity index (χ0v) is 20.7. The Bertz CT molecular complexity index is 1470. The van der Waals surface area contributed by atoms with Crippen LogP contribution < -0.4 is 10.5 Å². The molecule has 3 N–H and O–H groups in total. The number of pyridine rings is 2. The number of rotatable bonds is 4. The predicted molar refractivity (Wildman–Crippen MR) is 134 cm³/mol. The highest BCUT2D eigenvalue weighted by atomic mass is 16.5. The summed E-state index contributed by atoms with van der Waals surface area (Å²) in [6.45, 7) is 11.2. The molecule has 4 aromatic rings. The molecule has 182 valence electrons. The van der Waals surface area contributed by atoms with Gasteiger partial charge in [-0.2, -0.15) is 5.10 Å². The number of nitrogens with one attached hydrogen (secondary N) is 1. The molecule has 9 nitrogen and oxygen atoms in total. The van der Waals surface area contributed by atoms with E-state index in [1.807, 2.05) is 4.52 Å². The minimum absolute atomic E-state index is 0.134. The van der Waals surface area contributed by atoms with Crippen molar-refractivity contribution < 1.29 is 9.53 Å². The molecule has 2 aliphatic rings. The van der Waals surface area contributed by atoms with Crippen molar-refractivity contribution in [3.63, 3.8) is 0 Å². The van der Waals surface area contributed by atoms with Crippen LogP contribution in [-0.2, 0) is 10.2 Å². The number of aromatic amines is 1. The standard InChI is InChI=1S/C26H31N7O2/c1-14(2)22-21(17-10-33-25(28-13-29-33)16(4)15(17)3)23-18(30-22)9-19-24(31-23)26(12-35-19)5-7-32(8-6-26)11-20(27)34/h9-10,13-14,30H,5-8,11-12H2,1-4H3,(H2,27,34). The van der Waals surface area contributed by atoms with Crippen molar-refractivity contribution in [3.8, 4) is 16.9 Å². The Morgan fingerprint density at radius 1 is 1.26 bits per heavy atom. The normalized spacial score (nSPS) is 17.5. The maximum Gasteiger partial charge on any atom is 0.231 e. The second-order valence-electron chi connectivity index (χ2n) is 10.4. The first-order chi connectivity index (χ1) is 16.8. The first-order valence-corrected chi connectivity index (χ1v) is 12.3. The molecule has 0 atom stereocenters. The number of likely N-dealkylation sites (tertiary alicyclic amines) is 1. The Morgan fingerprint density at radius 3 is 2.74 bits per heavy atom. The smallest absolute Gasteiger partial charge is 0.231 e. The first kappa shape index (κ1) is 22.0. The Balaban J connectivity index is 1.51. The third-order valence-electron chi connectivity index (χ3n) is 7.93. The van der Waals surface area contributed by atoms with E-state index < -0.39 is 0 Å². The van der Waals surface area contributed by atoms with Gasteiger partial charge in [0.15, 0.2) is 5.65 Å². The van der Waals surface area contributed by atoms with E-state index in [9.17, 15) is 4.79 Å². The van der Waals surface area contributed by atoms with Gasteiger partial charge in [-0.15, -0.1) is 0 Å². The summed E-state index contributed by atoms with van der Waals surface area (Å²) in [5.74, 6) is 0.868. The summed E-state index contributed by atoms with van der Waals surface area (Å²) in [6, 6.07) is 2.12. The van der Waals surface area contributed by atoms with Crippen molar-refractivity contribution >= 4 is 22.6 Å². The Kier molecular flexibility index (Phi) is 4.90. The number of aromatic nitrogens is 5. The zero-order chi connectivity index (χ0) is 24.5. The quantitative estimate of drug-likeness (QED) is 0.470. The van der Waals surface area contributed by atoms with Crippen molar-refractivity contribution in [2.45, 2.75) is 51.9 Å². The highest BCUT2D eigenvalue weighted by Crippen LogP contribution is 2.47. The highest BCUT2D eigenvalue weighted by Gasteiger charge is 2.45. The number of hydrogen-bond acceptors (Lipinski definition) is 6. The topological polar surface area (TPSA) is 114 Å². The average molecular weight is 474 g/mol. The van der Waals surface area contributed by atoms with Gasteiger partial charge in [0.1, 0.15) is 12.1 Å². The van der Waals surface area contributed by atoms with Crippen LogP contribution in [0.4, 0.5) is 0 Å². The van der Waals surface area contributed by atoms with E-state index in [1.54, 1.807) is 6.33 Å². The lowest BCUT2D eigenvalue weighted by atomic mass is 9.77. The molecule has 6 heterocycles. The minimum Gasteiger partial charge on any atom is -0.491 e. The molecule has 1 saturated heterocycles. The zero-order valence-electron chi connectivity index (χ0n) is 20.7. The van der Waals surface area contributed by atoms with E-state index in [2.05, 4.69) is 59.9 Å². The lowest BCUT2D eigenvalue weighted by Gasteiger charge is -2.37. The molecular formula is C26H31N7O2. The van der Waals surface area contributed by atoms with Gasteiger partial charge in [-0.1, -0.05) is 13.8 Å². The monoisotopic (exact) mass is 473 g/mol. The number of fused-ring (bicyclic) bond motifs is 4. The van der Waals surface area contributed by atoms with Crippen LogP contribution in [0.25, 0.3) is 27.8 Å². The lowest BCUT2D eigenvalue weighted by molar-refractivity contribution is -0.119. The van der Waals surface area contributed by atoms with Crippen LogP contribution >= 0.6 is 0 Å². The third kappa shape index (κ3) is 3.32. The minimum atomic E-state index is -0.281. The van der Waals surface area contributed by atoms with Crippen molar-refractivity contribution in [1.82, 2.24) is 29.5 Å². The van der Waals surface area contributed by atoms with Crippen molar-refractivity contribution in [2.75, 3.05) is 26.2 Å². The second kappa shape index (κ2) is 7.78. The fourth-order valence-corrected chi connectivity index (χ4v) is 5.79. The molecule has 2 aliphatic heterocycles. The molecule has 9 heteroatoms. The Labute approximate surface area is 203 Å². The van der Waals surface area contributed by atoms with E-state index in [1.165, 1.54) is 5.56 Å². The van der Waals surface area contributed by atoms with Gasteiger partial charge in [0.25, 0.3) is 0 Å². The fraction of sp³-hybridized carbons (Fsp3) is 0.462. The van der Waals surface area contributed by atoms with Crippen LogP contribution in [0.1, 0.15) is 55.1 Å². The number of amides is 1. The SMILES string of the molecule is Cc1c(-c2c(C(C)C)[nH]c3cc4c(nc23)C2(CCN(CC(N)=O)CC2)CO4)cn2ncnc2c1C. The van der Waals surface area contributed by atoms with Gasteiger partial charge < -0.3 is 15.5 Å². The molecule has 0 aliphatic carbocycles. The molecule has 6 rings (SSSR count). The number of piperidine rings is 1. The summed E-state index contributed by atoms with van der Waals surface area (Å²) in [4.78, 5) is 26.9. The van der Waals surface area contributed by atoms with Gasteiger partial charge >= 0.3 is 0 Å². The molecule has 1 spiro atoms. The molecule has 0 radical (unpaired) electrons. The maximum atomic E-state index is 11.4. The molecule has 1 fully saturated rings. The summed E-state index contributed by atoms with van der Waals surface area (Å²) in [5, 5.41) is 4.42. The predicted octanol–water partition coefficient (Wildman–Crippen LogP) is 3.22. The number of primary amides is 1. The summed E-state index contributed by atoms with van der Waals surface area (Å²) in [7, 11) is 0. The summed E-state index contributed by atoms with van der Waals surface area (Å²) < 4.78 is 8.06. The second-order valence-corrected chi connectivity index (χ2v) is 10.4. The van der Waals surface area contributed by atoms with Crippen molar-refractivity contribution in [2.24, 2.45) is 5.73 Å². The largest absolute Gasteiger partial charge is 0.491 e. The fourth-order valence-electron chi connectivity index (χ4n) is 5.79. The van der Waals surface area contributed by atoms with Gasteiger partial charge in [0.2, 0.25) is 5.91 Å².